The van der Waals surface area contributed by atoms with Gasteiger partial charge in [0.15, 0.2) is 0 Å². The molecular formula is C20H19ClFN3O. The van der Waals surface area contributed by atoms with Gasteiger partial charge >= 0.3 is 0 Å². The maximum absolute atomic E-state index is 13.3. The Hall–Kier alpha value is -2.53. The zero-order chi connectivity index (χ0) is 18.3. The first-order valence-corrected chi connectivity index (χ1v) is 8.98. The average Bonchev–Trinajstić information content (AvgIpc) is 3.06. The minimum absolute atomic E-state index is 0.0518. The molecule has 1 aliphatic heterocycles. The van der Waals surface area contributed by atoms with Crippen molar-refractivity contribution in [1.29, 1.82) is 0 Å². The number of carbonyl (C=O) groups excluding carboxylic acids is 1. The van der Waals surface area contributed by atoms with E-state index in [1.165, 1.54) is 17.7 Å². The van der Waals surface area contributed by atoms with E-state index in [4.69, 9.17) is 11.6 Å². The number of benzene rings is 2. The number of aromatic amines is 1. The summed E-state index contributed by atoms with van der Waals surface area (Å²) in [6.07, 6.45) is 0. The molecule has 0 aliphatic carbocycles. The van der Waals surface area contributed by atoms with Crippen molar-refractivity contribution >= 4 is 34.1 Å². The summed E-state index contributed by atoms with van der Waals surface area (Å²) in [6, 6.07) is 12.1. The van der Waals surface area contributed by atoms with Gasteiger partial charge in [-0.3, -0.25) is 4.79 Å². The number of aromatic nitrogens is 1. The number of H-pyrrole nitrogens is 1. The number of nitrogens with zero attached hydrogens (tertiary/aromatic N) is 2. The van der Waals surface area contributed by atoms with Gasteiger partial charge in [0.1, 0.15) is 11.5 Å². The van der Waals surface area contributed by atoms with Crippen LogP contribution in [-0.2, 0) is 0 Å². The Morgan fingerprint density at radius 1 is 1.08 bits per heavy atom. The van der Waals surface area contributed by atoms with E-state index in [2.05, 4.69) is 16.8 Å². The summed E-state index contributed by atoms with van der Waals surface area (Å²) in [5.41, 5.74) is 3.55. The molecule has 2 aromatic carbocycles. The first kappa shape index (κ1) is 16.9. The van der Waals surface area contributed by atoms with Gasteiger partial charge in [-0.05, 0) is 48.9 Å². The predicted octanol–water partition coefficient (Wildman–Crippen LogP) is 4.23. The van der Waals surface area contributed by atoms with Crippen LogP contribution in [0.2, 0.25) is 5.02 Å². The summed E-state index contributed by atoms with van der Waals surface area (Å²) < 4.78 is 13.3. The van der Waals surface area contributed by atoms with Crippen molar-refractivity contribution in [3.05, 3.63) is 64.6 Å². The third-order valence-corrected chi connectivity index (χ3v) is 5.13. The Labute approximate surface area is 156 Å². The Kier molecular flexibility index (Phi) is 4.32. The van der Waals surface area contributed by atoms with Gasteiger partial charge in [0, 0.05) is 47.8 Å². The lowest BCUT2D eigenvalue weighted by atomic mass is 10.1. The van der Waals surface area contributed by atoms with E-state index in [1.807, 2.05) is 23.1 Å². The average molecular weight is 372 g/mol. The van der Waals surface area contributed by atoms with Crippen LogP contribution < -0.4 is 4.90 Å². The molecule has 134 valence electrons. The van der Waals surface area contributed by atoms with Gasteiger partial charge in [0.2, 0.25) is 0 Å². The highest BCUT2D eigenvalue weighted by Crippen LogP contribution is 2.26. The molecular weight excluding hydrogens is 353 g/mol. The summed E-state index contributed by atoms with van der Waals surface area (Å²) in [5.74, 6) is -0.356. The van der Waals surface area contributed by atoms with Crippen LogP contribution >= 0.6 is 11.6 Å². The van der Waals surface area contributed by atoms with E-state index < -0.39 is 0 Å². The van der Waals surface area contributed by atoms with E-state index in [1.54, 1.807) is 12.1 Å². The van der Waals surface area contributed by atoms with Crippen molar-refractivity contribution in [3.8, 4) is 0 Å². The van der Waals surface area contributed by atoms with Crippen LogP contribution in [0.3, 0.4) is 0 Å². The third-order valence-electron chi connectivity index (χ3n) is 4.89. The zero-order valence-electron chi connectivity index (χ0n) is 14.4. The van der Waals surface area contributed by atoms with Crippen LogP contribution in [0, 0.1) is 12.7 Å². The van der Waals surface area contributed by atoms with E-state index in [9.17, 15) is 9.18 Å². The molecule has 1 amide bonds. The highest BCUT2D eigenvalue weighted by molar-refractivity contribution is 6.30. The molecule has 3 aromatic rings. The summed E-state index contributed by atoms with van der Waals surface area (Å²) in [6.45, 7) is 4.83. The topological polar surface area (TPSA) is 39.3 Å². The molecule has 0 unspecified atom stereocenters. The summed E-state index contributed by atoms with van der Waals surface area (Å²) in [4.78, 5) is 20.0. The zero-order valence-corrected chi connectivity index (χ0v) is 15.2. The van der Waals surface area contributed by atoms with Gasteiger partial charge in [-0.2, -0.15) is 0 Å². The van der Waals surface area contributed by atoms with E-state index in [0.717, 1.165) is 29.3 Å². The van der Waals surface area contributed by atoms with Gasteiger partial charge in [0.25, 0.3) is 5.91 Å². The number of hydrogen-bond acceptors (Lipinski definition) is 2. The second-order valence-electron chi connectivity index (χ2n) is 6.62. The third kappa shape index (κ3) is 3.15. The largest absolute Gasteiger partial charge is 0.368 e. The maximum atomic E-state index is 13.3. The summed E-state index contributed by atoms with van der Waals surface area (Å²) in [5, 5.41) is 1.43. The highest BCUT2D eigenvalue weighted by atomic mass is 35.5. The lowest BCUT2D eigenvalue weighted by Gasteiger charge is -2.36. The van der Waals surface area contributed by atoms with Crippen LogP contribution in [0.15, 0.2) is 42.5 Å². The lowest BCUT2D eigenvalue weighted by Crippen LogP contribution is -2.49. The molecule has 6 heteroatoms. The molecule has 1 N–H and O–H groups in total. The SMILES string of the molecule is Cc1ccc(Cl)cc1N1CCN(C(=O)c2cc3cc(F)ccc3[nH]2)CC1. The fourth-order valence-electron chi connectivity index (χ4n) is 3.46. The van der Waals surface area contributed by atoms with Crippen LogP contribution in [0.5, 0.6) is 0 Å². The van der Waals surface area contributed by atoms with Crippen molar-refractivity contribution < 1.29 is 9.18 Å². The second kappa shape index (κ2) is 6.65. The minimum Gasteiger partial charge on any atom is -0.368 e. The standard InChI is InChI=1S/C20H19ClFN3O/c1-13-2-3-15(21)12-19(13)24-6-8-25(9-7-24)20(26)18-11-14-10-16(22)4-5-17(14)23-18/h2-5,10-12,23H,6-9H2,1H3. The van der Waals surface area contributed by atoms with E-state index in [0.29, 0.717) is 24.2 Å². The number of aryl methyl sites for hydroxylation is 1. The van der Waals surface area contributed by atoms with Crippen molar-refractivity contribution in [2.24, 2.45) is 0 Å². The molecule has 0 saturated carbocycles. The van der Waals surface area contributed by atoms with Gasteiger partial charge in [-0.1, -0.05) is 17.7 Å². The first-order chi connectivity index (χ1) is 12.5. The minimum atomic E-state index is -0.305. The molecule has 1 saturated heterocycles. The molecule has 0 bridgehead atoms. The number of hydrogen-bond donors (Lipinski definition) is 1. The van der Waals surface area contributed by atoms with E-state index >= 15 is 0 Å². The molecule has 2 heterocycles. The highest BCUT2D eigenvalue weighted by Gasteiger charge is 2.24. The summed E-state index contributed by atoms with van der Waals surface area (Å²) >= 11 is 6.12. The molecule has 1 aliphatic rings. The summed E-state index contributed by atoms with van der Waals surface area (Å²) in [7, 11) is 0. The number of anilines is 1. The molecule has 0 radical (unpaired) electrons. The number of piperazine rings is 1. The number of nitrogens with one attached hydrogen (secondary N) is 1. The normalized spacial score (nSPS) is 14.9. The predicted molar refractivity (Wildman–Crippen MR) is 103 cm³/mol. The fraction of sp³-hybridized carbons (Fsp3) is 0.250. The molecule has 4 nitrogen and oxygen atoms in total. The Bertz CT molecular complexity index is 976. The van der Waals surface area contributed by atoms with E-state index in [-0.39, 0.29) is 11.7 Å². The maximum Gasteiger partial charge on any atom is 0.270 e. The van der Waals surface area contributed by atoms with Gasteiger partial charge in [-0.25, -0.2) is 4.39 Å². The molecule has 0 atom stereocenters. The number of carbonyl (C=O) groups is 1. The van der Waals surface area contributed by atoms with Crippen molar-refractivity contribution in [2.45, 2.75) is 6.92 Å². The molecule has 0 spiro atoms. The molecule has 26 heavy (non-hydrogen) atoms. The Morgan fingerprint density at radius 3 is 2.62 bits per heavy atom. The van der Waals surface area contributed by atoms with Crippen LogP contribution in [0.1, 0.15) is 16.1 Å². The molecule has 1 aromatic heterocycles. The van der Waals surface area contributed by atoms with Crippen molar-refractivity contribution in [2.75, 3.05) is 31.1 Å². The second-order valence-corrected chi connectivity index (χ2v) is 7.06. The van der Waals surface area contributed by atoms with Crippen LogP contribution in [-0.4, -0.2) is 42.0 Å². The lowest BCUT2D eigenvalue weighted by molar-refractivity contribution is 0.0742. The van der Waals surface area contributed by atoms with Crippen molar-refractivity contribution in [1.82, 2.24) is 9.88 Å². The van der Waals surface area contributed by atoms with Gasteiger partial charge in [-0.15, -0.1) is 0 Å². The number of halogens is 2. The van der Waals surface area contributed by atoms with Gasteiger partial charge in [0.05, 0.1) is 0 Å². The van der Waals surface area contributed by atoms with Gasteiger partial charge < -0.3 is 14.8 Å². The molecule has 1 fully saturated rings. The first-order valence-electron chi connectivity index (χ1n) is 8.60. The Balaban J connectivity index is 1.48. The van der Waals surface area contributed by atoms with Crippen LogP contribution in [0.4, 0.5) is 10.1 Å². The molecule has 4 rings (SSSR count). The number of amides is 1. The Morgan fingerprint density at radius 2 is 1.85 bits per heavy atom. The monoisotopic (exact) mass is 371 g/mol. The van der Waals surface area contributed by atoms with Crippen molar-refractivity contribution in [3.63, 3.8) is 0 Å². The quantitative estimate of drug-likeness (QED) is 0.732. The number of fused-ring (bicyclic) bond motifs is 1. The van der Waals surface area contributed by atoms with Crippen LogP contribution in [0.25, 0.3) is 10.9 Å². The fourth-order valence-corrected chi connectivity index (χ4v) is 3.63. The number of rotatable bonds is 2. The smallest absolute Gasteiger partial charge is 0.270 e.